The Hall–Kier alpha value is -0.900. The Morgan fingerprint density at radius 1 is 1.56 bits per heavy atom. The van der Waals surface area contributed by atoms with Crippen LogP contribution in [0.2, 0.25) is 0 Å². The Morgan fingerprint density at radius 3 is 2.81 bits per heavy atom. The van der Waals surface area contributed by atoms with Crippen LogP contribution in [0.1, 0.15) is 48.5 Å². The highest BCUT2D eigenvalue weighted by atomic mass is 32.1. The number of hydrogen-bond donors (Lipinski definition) is 1. The third-order valence-corrected chi connectivity index (χ3v) is 4.20. The van der Waals surface area contributed by atoms with Crippen LogP contribution < -0.4 is 5.73 Å². The second-order valence-electron chi connectivity index (χ2n) is 4.52. The van der Waals surface area contributed by atoms with Crippen molar-refractivity contribution in [2.45, 2.75) is 45.6 Å². The molecule has 1 aliphatic rings. The zero-order valence-electron chi connectivity index (χ0n) is 9.94. The Bertz CT molecular complexity index is 377. The standard InChI is InChI=1S/C12H19N3S/c1-8-7-14-12(16-8)9(2)15-11(13)10-5-3-4-6-10/h7,9-10H,3-6H2,1-2H3,(H2,13,15). The van der Waals surface area contributed by atoms with Crippen LogP contribution in [0.4, 0.5) is 0 Å². The molecule has 88 valence electrons. The van der Waals surface area contributed by atoms with E-state index in [9.17, 15) is 0 Å². The van der Waals surface area contributed by atoms with Crippen molar-refractivity contribution in [1.29, 1.82) is 0 Å². The summed E-state index contributed by atoms with van der Waals surface area (Å²) >= 11 is 1.71. The number of amidine groups is 1. The van der Waals surface area contributed by atoms with E-state index in [2.05, 4.69) is 23.8 Å². The third-order valence-electron chi connectivity index (χ3n) is 3.11. The summed E-state index contributed by atoms with van der Waals surface area (Å²) in [4.78, 5) is 10.2. The van der Waals surface area contributed by atoms with E-state index in [1.54, 1.807) is 11.3 Å². The maximum Gasteiger partial charge on any atom is 0.117 e. The van der Waals surface area contributed by atoms with E-state index in [-0.39, 0.29) is 6.04 Å². The van der Waals surface area contributed by atoms with Gasteiger partial charge in [-0.2, -0.15) is 0 Å². The maximum absolute atomic E-state index is 6.05. The summed E-state index contributed by atoms with van der Waals surface area (Å²) < 4.78 is 0. The van der Waals surface area contributed by atoms with Gasteiger partial charge in [0.1, 0.15) is 11.0 Å². The fourth-order valence-corrected chi connectivity index (χ4v) is 2.94. The molecule has 2 rings (SSSR count). The maximum atomic E-state index is 6.05. The van der Waals surface area contributed by atoms with Crippen LogP contribution in [0.25, 0.3) is 0 Å². The van der Waals surface area contributed by atoms with Crippen LogP contribution in [-0.2, 0) is 0 Å². The molecule has 0 aliphatic heterocycles. The minimum Gasteiger partial charge on any atom is -0.387 e. The molecule has 4 heteroatoms. The summed E-state index contributed by atoms with van der Waals surface area (Å²) in [6.07, 6.45) is 6.91. The molecule has 1 aliphatic carbocycles. The van der Waals surface area contributed by atoms with Gasteiger partial charge in [0.2, 0.25) is 0 Å². The van der Waals surface area contributed by atoms with E-state index in [1.165, 1.54) is 30.6 Å². The van der Waals surface area contributed by atoms with Gasteiger partial charge in [0, 0.05) is 17.0 Å². The van der Waals surface area contributed by atoms with Gasteiger partial charge in [-0.3, -0.25) is 4.99 Å². The van der Waals surface area contributed by atoms with E-state index in [1.807, 2.05) is 6.20 Å². The molecule has 1 unspecified atom stereocenters. The second kappa shape index (κ2) is 4.95. The summed E-state index contributed by atoms with van der Waals surface area (Å²) in [5, 5.41) is 1.07. The monoisotopic (exact) mass is 237 g/mol. The lowest BCUT2D eigenvalue weighted by atomic mass is 10.1. The van der Waals surface area contributed by atoms with Crippen molar-refractivity contribution in [1.82, 2.24) is 4.98 Å². The molecule has 0 spiro atoms. The van der Waals surface area contributed by atoms with Crippen molar-refractivity contribution in [2.24, 2.45) is 16.6 Å². The van der Waals surface area contributed by atoms with Gasteiger partial charge >= 0.3 is 0 Å². The third kappa shape index (κ3) is 2.61. The van der Waals surface area contributed by atoms with Crippen molar-refractivity contribution in [3.63, 3.8) is 0 Å². The lowest BCUT2D eigenvalue weighted by molar-refractivity contribution is 0.698. The van der Waals surface area contributed by atoms with E-state index in [0.29, 0.717) is 5.92 Å². The average Bonchev–Trinajstić information content (AvgIpc) is 2.87. The van der Waals surface area contributed by atoms with Crippen LogP contribution in [0.3, 0.4) is 0 Å². The molecule has 3 nitrogen and oxygen atoms in total. The van der Waals surface area contributed by atoms with Gasteiger partial charge in [-0.1, -0.05) is 12.8 Å². The molecule has 1 heterocycles. The van der Waals surface area contributed by atoms with Crippen molar-refractivity contribution in [2.75, 3.05) is 0 Å². The molecule has 1 saturated carbocycles. The summed E-state index contributed by atoms with van der Waals surface area (Å²) in [6, 6.07) is 0.110. The quantitative estimate of drug-likeness (QED) is 0.649. The van der Waals surface area contributed by atoms with Gasteiger partial charge in [0.05, 0.1) is 5.84 Å². The molecule has 1 atom stereocenters. The Kier molecular flexibility index (Phi) is 3.59. The van der Waals surface area contributed by atoms with Crippen molar-refractivity contribution < 1.29 is 0 Å². The predicted octanol–water partition coefficient (Wildman–Crippen LogP) is 3.06. The topological polar surface area (TPSA) is 51.3 Å². The van der Waals surface area contributed by atoms with Crippen LogP contribution in [0.15, 0.2) is 11.2 Å². The number of aryl methyl sites for hydroxylation is 1. The molecule has 0 saturated heterocycles. The van der Waals surface area contributed by atoms with Crippen LogP contribution >= 0.6 is 11.3 Å². The first-order valence-electron chi connectivity index (χ1n) is 5.92. The van der Waals surface area contributed by atoms with E-state index >= 15 is 0 Å². The second-order valence-corrected chi connectivity index (χ2v) is 5.79. The fourth-order valence-electron chi connectivity index (χ4n) is 2.17. The molecule has 0 bridgehead atoms. The number of rotatable bonds is 3. The number of nitrogens with zero attached hydrogens (tertiary/aromatic N) is 2. The molecular formula is C12H19N3S. The number of hydrogen-bond acceptors (Lipinski definition) is 3. The first kappa shape index (κ1) is 11.6. The largest absolute Gasteiger partial charge is 0.387 e. The Balaban J connectivity index is 2.04. The zero-order valence-corrected chi connectivity index (χ0v) is 10.8. The molecule has 2 N–H and O–H groups in total. The van der Waals surface area contributed by atoms with E-state index < -0.39 is 0 Å². The summed E-state index contributed by atoms with van der Waals surface area (Å²) in [7, 11) is 0. The predicted molar refractivity (Wildman–Crippen MR) is 68.8 cm³/mol. The lowest BCUT2D eigenvalue weighted by Gasteiger charge is -2.10. The van der Waals surface area contributed by atoms with Crippen molar-refractivity contribution in [3.8, 4) is 0 Å². The molecule has 1 aromatic heterocycles. The zero-order chi connectivity index (χ0) is 11.5. The summed E-state index contributed by atoms with van der Waals surface area (Å²) in [6.45, 7) is 4.14. The van der Waals surface area contributed by atoms with Gasteiger partial charge in [-0.05, 0) is 26.7 Å². The lowest BCUT2D eigenvalue weighted by Crippen LogP contribution is -2.22. The average molecular weight is 237 g/mol. The van der Waals surface area contributed by atoms with Gasteiger partial charge in [0.15, 0.2) is 0 Å². The fraction of sp³-hybridized carbons (Fsp3) is 0.667. The minimum absolute atomic E-state index is 0.110. The van der Waals surface area contributed by atoms with Gasteiger partial charge in [-0.25, -0.2) is 4.98 Å². The highest BCUT2D eigenvalue weighted by molar-refractivity contribution is 7.11. The molecule has 0 aromatic carbocycles. The number of nitrogens with two attached hydrogens (primary N) is 1. The van der Waals surface area contributed by atoms with E-state index in [4.69, 9.17) is 5.73 Å². The molecule has 0 radical (unpaired) electrons. The number of thiazole rings is 1. The molecule has 16 heavy (non-hydrogen) atoms. The van der Waals surface area contributed by atoms with Gasteiger partial charge in [-0.15, -0.1) is 11.3 Å². The number of aliphatic imine (C=N–C) groups is 1. The van der Waals surface area contributed by atoms with Gasteiger partial charge in [0.25, 0.3) is 0 Å². The Labute approximate surface area is 101 Å². The number of aromatic nitrogens is 1. The van der Waals surface area contributed by atoms with Crippen molar-refractivity contribution >= 4 is 17.2 Å². The molecule has 0 amide bonds. The smallest absolute Gasteiger partial charge is 0.117 e. The minimum atomic E-state index is 0.110. The van der Waals surface area contributed by atoms with Crippen molar-refractivity contribution in [3.05, 3.63) is 16.1 Å². The highest BCUT2D eigenvalue weighted by Gasteiger charge is 2.19. The summed E-state index contributed by atoms with van der Waals surface area (Å²) in [5.41, 5.74) is 6.05. The highest BCUT2D eigenvalue weighted by Crippen LogP contribution is 2.27. The molecule has 1 fully saturated rings. The van der Waals surface area contributed by atoms with Crippen LogP contribution in [-0.4, -0.2) is 10.8 Å². The molecular weight excluding hydrogens is 218 g/mol. The van der Waals surface area contributed by atoms with Crippen LogP contribution in [0.5, 0.6) is 0 Å². The van der Waals surface area contributed by atoms with Gasteiger partial charge < -0.3 is 5.73 Å². The SMILES string of the molecule is Cc1cnc(C(C)N=C(N)C2CCCC2)s1. The molecule has 1 aromatic rings. The summed E-state index contributed by atoms with van der Waals surface area (Å²) in [5.74, 6) is 1.35. The Morgan fingerprint density at radius 2 is 2.25 bits per heavy atom. The van der Waals surface area contributed by atoms with E-state index in [0.717, 1.165) is 10.8 Å². The first-order chi connectivity index (χ1) is 7.66. The van der Waals surface area contributed by atoms with Crippen LogP contribution in [0, 0.1) is 12.8 Å². The normalized spacial score (nSPS) is 20.2. The first-order valence-corrected chi connectivity index (χ1v) is 6.74.